The molecule has 0 radical (unpaired) electrons. The Balaban J connectivity index is 0.000000444. The molecule has 1 aliphatic rings. The number of fused-ring (bicyclic) bond motifs is 1. The third-order valence-corrected chi connectivity index (χ3v) is 2.77. The fraction of sp³-hybridized carbons (Fsp3) is 0.562. The Morgan fingerprint density at radius 1 is 1.23 bits per heavy atom. The number of nitrogens with zero attached hydrogens (tertiary/aromatic N) is 1. The highest BCUT2D eigenvalue weighted by molar-refractivity contribution is 5.87. The standard InChI is InChI=1S/C8H5NO5.C6H14O2.C2H6O2/c10-3-5-6(9(11)12)1-2-7-8(5)14-4-13-7;1-4-7-6(3)8-5-2;3-1-2-4/h1-3H,4H2;6H,4-5H2,1-3H3;3-4H,1-2H2. The number of hydrogen-bond donors (Lipinski definition) is 2. The highest BCUT2D eigenvalue weighted by atomic mass is 16.7. The van der Waals surface area contributed by atoms with Crippen molar-refractivity contribution in [3.05, 3.63) is 27.8 Å². The number of hydrogen-bond acceptors (Lipinski definition) is 9. The molecule has 10 heteroatoms. The van der Waals surface area contributed by atoms with E-state index in [1.807, 2.05) is 20.8 Å². The molecule has 0 aromatic heterocycles. The van der Waals surface area contributed by atoms with Crippen molar-refractivity contribution in [2.45, 2.75) is 27.1 Å². The molecule has 0 aliphatic carbocycles. The number of benzene rings is 1. The lowest BCUT2D eigenvalue weighted by Gasteiger charge is -2.09. The van der Waals surface area contributed by atoms with Crippen LogP contribution in [0, 0.1) is 10.1 Å². The van der Waals surface area contributed by atoms with Crippen molar-refractivity contribution < 1.29 is 38.9 Å². The van der Waals surface area contributed by atoms with Gasteiger partial charge < -0.3 is 29.2 Å². The lowest BCUT2D eigenvalue weighted by molar-refractivity contribution is -0.385. The molecule has 0 bridgehead atoms. The first-order valence-corrected chi connectivity index (χ1v) is 7.93. The molecule has 10 nitrogen and oxygen atoms in total. The minimum absolute atomic E-state index is 0.0165. The van der Waals surface area contributed by atoms with Crippen LogP contribution in [0.5, 0.6) is 11.5 Å². The largest absolute Gasteiger partial charge is 0.454 e. The van der Waals surface area contributed by atoms with Crippen molar-refractivity contribution in [3.63, 3.8) is 0 Å². The quantitative estimate of drug-likeness (QED) is 0.314. The predicted molar refractivity (Wildman–Crippen MR) is 91.5 cm³/mol. The maximum absolute atomic E-state index is 10.7. The number of rotatable bonds is 7. The van der Waals surface area contributed by atoms with Gasteiger partial charge in [0.1, 0.15) is 5.56 Å². The van der Waals surface area contributed by atoms with Gasteiger partial charge >= 0.3 is 0 Å². The van der Waals surface area contributed by atoms with Crippen LogP contribution in [0.1, 0.15) is 31.1 Å². The monoisotopic (exact) mass is 375 g/mol. The summed E-state index contributed by atoms with van der Waals surface area (Å²) >= 11 is 0. The minimum Gasteiger partial charge on any atom is -0.454 e. The minimum atomic E-state index is -0.633. The van der Waals surface area contributed by atoms with E-state index in [0.29, 0.717) is 12.0 Å². The molecule has 1 heterocycles. The second-order valence-electron chi connectivity index (χ2n) is 4.53. The molecule has 0 atom stereocenters. The molecule has 2 rings (SSSR count). The molecule has 0 fully saturated rings. The summed E-state index contributed by atoms with van der Waals surface area (Å²) in [5.74, 6) is 0.506. The normalized spacial score (nSPS) is 11.2. The Bertz CT molecular complexity index is 543. The zero-order valence-corrected chi connectivity index (χ0v) is 15.0. The van der Waals surface area contributed by atoms with E-state index in [2.05, 4.69) is 0 Å². The number of ether oxygens (including phenoxy) is 4. The van der Waals surface area contributed by atoms with Gasteiger partial charge in [-0.05, 0) is 26.8 Å². The average Bonchev–Trinajstić information content (AvgIpc) is 3.10. The molecule has 26 heavy (non-hydrogen) atoms. The first-order chi connectivity index (χ1) is 12.5. The number of nitro groups is 1. The van der Waals surface area contributed by atoms with Gasteiger partial charge in [-0.15, -0.1) is 0 Å². The Kier molecular flexibility index (Phi) is 12.7. The van der Waals surface area contributed by atoms with Crippen molar-refractivity contribution in [2.75, 3.05) is 33.2 Å². The van der Waals surface area contributed by atoms with Crippen LogP contribution in [0.25, 0.3) is 0 Å². The molecule has 148 valence electrons. The second kappa shape index (κ2) is 14.0. The van der Waals surface area contributed by atoms with E-state index in [4.69, 9.17) is 29.2 Å². The molecule has 1 aromatic rings. The number of carbonyl (C=O) groups is 1. The van der Waals surface area contributed by atoms with Gasteiger partial charge in [-0.1, -0.05) is 0 Å². The summed E-state index contributed by atoms with van der Waals surface area (Å²) < 4.78 is 20.0. The molecule has 0 saturated heterocycles. The van der Waals surface area contributed by atoms with Gasteiger partial charge in [0.05, 0.1) is 18.1 Å². The fourth-order valence-corrected chi connectivity index (χ4v) is 1.77. The molecular formula is C16H25NO9. The zero-order valence-electron chi connectivity index (χ0n) is 15.0. The van der Waals surface area contributed by atoms with Crippen LogP contribution < -0.4 is 9.47 Å². The third kappa shape index (κ3) is 8.21. The number of aliphatic hydroxyl groups excluding tert-OH is 2. The van der Waals surface area contributed by atoms with Gasteiger partial charge in [0, 0.05) is 19.3 Å². The van der Waals surface area contributed by atoms with Gasteiger partial charge in [0.25, 0.3) is 5.69 Å². The topological polar surface area (TPSA) is 138 Å². The maximum Gasteiger partial charge on any atom is 0.283 e. The van der Waals surface area contributed by atoms with Gasteiger partial charge in [-0.3, -0.25) is 14.9 Å². The van der Waals surface area contributed by atoms with Crippen LogP contribution >= 0.6 is 0 Å². The highest BCUT2D eigenvalue weighted by Crippen LogP contribution is 2.39. The van der Waals surface area contributed by atoms with E-state index in [1.165, 1.54) is 12.1 Å². The molecule has 2 N–H and O–H groups in total. The summed E-state index contributed by atoms with van der Waals surface area (Å²) in [5.41, 5.74) is -0.353. The van der Waals surface area contributed by atoms with E-state index in [-0.39, 0.29) is 43.3 Å². The third-order valence-electron chi connectivity index (χ3n) is 2.77. The lowest BCUT2D eigenvalue weighted by Crippen LogP contribution is -2.11. The predicted octanol–water partition coefficient (Wildman–Crippen LogP) is 1.51. The van der Waals surface area contributed by atoms with Gasteiger partial charge in [-0.25, -0.2) is 0 Å². The van der Waals surface area contributed by atoms with E-state index >= 15 is 0 Å². The summed E-state index contributed by atoms with van der Waals surface area (Å²) in [7, 11) is 0. The number of carbonyl (C=O) groups excluding carboxylic acids is 1. The first kappa shape index (κ1) is 23.7. The van der Waals surface area contributed by atoms with E-state index in [1.54, 1.807) is 0 Å². The maximum atomic E-state index is 10.7. The van der Waals surface area contributed by atoms with Gasteiger partial charge in [0.15, 0.2) is 24.1 Å². The Morgan fingerprint density at radius 3 is 2.23 bits per heavy atom. The fourth-order valence-electron chi connectivity index (χ4n) is 1.77. The van der Waals surface area contributed by atoms with Gasteiger partial charge in [-0.2, -0.15) is 0 Å². The molecule has 0 saturated carbocycles. The van der Waals surface area contributed by atoms with Crippen LogP contribution in [0.15, 0.2) is 12.1 Å². The zero-order chi connectivity index (χ0) is 19.9. The second-order valence-corrected chi connectivity index (χ2v) is 4.53. The summed E-state index contributed by atoms with van der Waals surface area (Å²) in [5, 5.41) is 25.8. The smallest absolute Gasteiger partial charge is 0.283 e. The van der Waals surface area contributed by atoms with Crippen molar-refractivity contribution >= 4 is 12.0 Å². The number of nitro benzene ring substituents is 1. The van der Waals surface area contributed by atoms with E-state index in [0.717, 1.165) is 13.2 Å². The molecular weight excluding hydrogens is 350 g/mol. The van der Waals surface area contributed by atoms with E-state index < -0.39 is 4.92 Å². The Labute approximate surface area is 151 Å². The number of aliphatic hydroxyl groups is 2. The van der Waals surface area contributed by atoms with Crippen LogP contribution in [0.4, 0.5) is 5.69 Å². The van der Waals surface area contributed by atoms with Crippen LogP contribution in [0.3, 0.4) is 0 Å². The number of aldehydes is 1. The van der Waals surface area contributed by atoms with Crippen LogP contribution in [0.2, 0.25) is 0 Å². The summed E-state index contributed by atoms with van der Waals surface area (Å²) in [6.07, 6.45) is 0.357. The Hall–Kier alpha value is -2.27. The lowest BCUT2D eigenvalue weighted by atomic mass is 10.1. The van der Waals surface area contributed by atoms with Crippen molar-refractivity contribution in [1.82, 2.24) is 0 Å². The molecule has 1 aromatic carbocycles. The van der Waals surface area contributed by atoms with Crippen LogP contribution in [-0.4, -0.2) is 60.9 Å². The summed E-state index contributed by atoms with van der Waals surface area (Å²) in [6, 6.07) is 2.63. The summed E-state index contributed by atoms with van der Waals surface area (Å²) in [6.45, 7) is 6.98. The van der Waals surface area contributed by atoms with Crippen molar-refractivity contribution in [1.29, 1.82) is 0 Å². The van der Waals surface area contributed by atoms with Crippen molar-refractivity contribution in [3.8, 4) is 11.5 Å². The highest BCUT2D eigenvalue weighted by Gasteiger charge is 2.25. The van der Waals surface area contributed by atoms with Gasteiger partial charge in [0.2, 0.25) is 6.79 Å². The molecule has 0 amide bonds. The Morgan fingerprint density at radius 2 is 1.81 bits per heavy atom. The van der Waals surface area contributed by atoms with Crippen molar-refractivity contribution in [2.24, 2.45) is 0 Å². The molecule has 0 spiro atoms. The first-order valence-electron chi connectivity index (χ1n) is 7.93. The SMILES string of the molecule is CCOC(C)OCC.O=Cc1c([N+](=O)[O-])ccc2c1OCO2.OCCO. The summed E-state index contributed by atoms with van der Waals surface area (Å²) in [4.78, 5) is 20.5. The molecule has 1 aliphatic heterocycles. The van der Waals surface area contributed by atoms with E-state index in [9.17, 15) is 14.9 Å². The molecule has 0 unspecified atom stereocenters. The van der Waals surface area contributed by atoms with Crippen LogP contribution in [-0.2, 0) is 9.47 Å². The average molecular weight is 375 g/mol.